The average molecular weight is 382 g/mol. The van der Waals surface area contributed by atoms with Crippen molar-refractivity contribution in [1.82, 2.24) is 14.5 Å². The standard InChI is InChI=1S/C20H19FN4O3/c1-20(21)16(27)14(10-26)28-19(20)25-9-13(8-7-12-5-3-2-4-6-12)15-17(22)23-11-24-18(15)25/h2-6,9,11,14,16,19,26-27H,10H2,1H3,(H2,22,23,24)/t14-,16-,19+,20-/m1/s1. The van der Waals surface area contributed by atoms with E-state index in [0.717, 1.165) is 5.56 Å². The summed E-state index contributed by atoms with van der Waals surface area (Å²) in [5, 5.41) is 20.0. The summed E-state index contributed by atoms with van der Waals surface area (Å²) in [6, 6.07) is 9.38. The molecule has 0 saturated carbocycles. The molecule has 0 aliphatic carbocycles. The summed E-state index contributed by atoms with van der Waals surface area (Å²) in [7, 11) is 0. The molecule has 3 aromatic rings. The van der Waals surface area contributed by atoms with Crippen molar-refractivity contribution in [2.45, 2.75) is 31.0 Å². The van der Waals surface area contributed by atoms with Gasteiger partial charge in [-0.25, -0.2) is 14.4 Å². The Morgan fingerprint density at radius 3 is 2.71 bits per heavy atom. The van der Waals surface area contributed by atoms with Crippen LogP contribution in [0.2, 0.25) is 0 Å². The van der Waals surface area contributed by atoms with Gasteiger partial charge in [-0.05, 0) is 19.1 Å². The van der Waals surface area contributed by atoms with E-state index >= 15 is 4.39 Å². The molecule has 4 atom stereocenters. The molecule has 144 valence electrons. The van der Waals surface area contributed by atoms with Crippen molar-refractivity contribution in [3.63, 3.8) is 0 Å². The van der Waals surface area contributed by atoms with Gasteiger partial charge in [0.1, 0.15) is 30.0 Å². The first-order valence-electron chi connectivity index (χ1n) is 8.75. The molecular formula is C20H19FN4O3. The van der Waals surface area contributed by atoms with Crippen LogP contribution in [0.3, 0.4) is 0 Å². The van der Waals surface area contributed by atoms with Crippen molar-refractivity contribution < 1.29 is 19.3 Å². The van der Waals surface area contributed by atoms with Crippen LogP contribution in [0.25, 0.3) is 11.0 Å². The van der Waals surface area contributed by atoms with Gasteiger partial charge in [-0.3, -0.25) is 0 Å². The van der Waals surface area contributed by atoms with Gasteiger partial charge in [0, 0.05) is 11.8 Å². The Bertz CT molecular complexity index is 1070. The van der Waals surface area contributed by atoms with Gasteiger partial charge in [0.2, 0.25) is 0 Å². The number of aliphatic hydroxyl groups excluding tert-OH is 2. The molecule has 8 heteroatoms. The molecule has 7 nitrogen and oxygen atoms in total. The molecule has 0 unspecified atom stereocenters. The number of rotatable bonds is 2. The lowest BCUT2D eigenvalue weighted by Gasteiger charge is -2.25. The van der Waals surface area contributed by atoms with Crippen LogP contribution >= 0.6 is 0 Å². The molecule has 1 fully saturated rings. The van der Waals surface area contributed by atoms with Crippen molar-refractivity contribution in [1.29, 1.82) is 0 Å². The number of fused-ring (bicyclic) bond motifs is 1. The highest BCUT2D eigenvalue weighted by Crippen LogP contribution is 2.43. The summed E-state index contributed by atoms with van der Waals surface area (Å²) < 4.78 is 22.3. The van der Waals surface area contributed by atoms with Crippen LogP contribution in [0.15, 0.2) is 42.9 Å². The SMILES string of the molecule is C[C@@]1(F)[C@H](O)[C@@H](CO)O[C@@H]1n1cc(C#Cc2ccccc2)c2c(N)ncnc21. The third-order valence-corrected chi connectivity index (χ3v) is 4.90. The highest BCUT2D eigenvalue weighted by atomic mass is 19.1. The molecule has 1 aliphatic heterocycles. The number of hydrogen-bond donors (Lipinski definition) is 3. The first kappa shape index (κ1) is 18.4. The second-order valence-corrected chi connectivity index (χ2v) is 6.83. The highest BCUT2D eigenvalue weighted by Gasteiger charge is 2.55. The zero-order chi connectivity index (χ0) is 19.9. The van der Waals surface area contributed by atoms with Crippen LogP contribution < -0.4 is 5.73 Å². The summed E-state index contributed by atoms with van der Waals surface area (Å²) in [6.45, 7) is 0.720. The number of ether oxygens (including phenoxy) is 1. The minimum Gasteiger partial charge on any atom is -0.394 e. The minimum absolute atomic E-state index is 0.207. The van der Waals surface area contributed by atoms with Crippen molar-refractivity contribution in [2.24, 2.45) is 0 Å². The summed E-state index contributed by atoms with van der Waals surface area (Å²) in [6.07, 6.45) is -0.884. The Morgan fingerprint density at radius 1 is 1.29 bits per heavy atom. The molecular weight excluding hydrogens is 363 g/mol. The van der Waals surface area contributed by atoms with E-state index in [2.05, 4.69) is 21.8 Å². The Kier molecular flexibility index (Phi) is 4.51. The summed E-state index contributed by atoms with van der Waals surface area (Å²) in [4.78, 5) is 8.22. The summed E-state index contributed by atoms with van der Waals surface area (Å²) >= 11 is 0. The number of benzene rings is 1. The molecule has 4 rings (SSSR count). The molecule has 28 heavy (non-hydrogen) atoms. The van der Waals surface area contributed by atoms with Crippen LogP contribution in [0.4, 0.5) is 10.2 Å². The Morgan fingerprint density at radius 2 is 2.04 bits per heavy atom. The molecule has 2 aromatic heterocycles. The smallest absolute Gasteiger partial charge is 0.181 e. The average Bonchev–Trinajstić information content (AvgIpc) is 3.17. The monoisotopic (exact) mass is 382 g/mol. The minimum atomic E-state index is -2.15. The van der Waals surface area contributed by atoms with E-state index in [1.807, 2.05) is 30.3 Å². The maximum absolute atomic E-state index is 15.3. The molecule has 0 bridgehead atoms. The van der Waals surface area contributed by atoms with E-state index < -0.39 is 30.7 Å². The van der Waals surface area contributed by atoms with Crippen LogP contribution in [-0.4, -0.2) is 49.2 Å². The number of aliphatic hydroxyl groups is 2. The molecule has 1 aliphatic rings. The lowest BCUT2D eigenvalue weighted by Crippen LogP contribution is -2.40. The van der Waals surface area contributed by atoms with E-state index in [1.165, 1.54) is 17.8 Å². The van der Waals surface area contributed by atoms with E-state index in [-0.39, 0.29) is 5.82 Å². The Labute approximate surface area is 160 Å². The highest BCUT2D eigenvalue weighted by molar-refractivity contribution is 5.92. The number of hydrogen-bond acceptors (Lipinski definition) is 6. The molecule has 4 N–H and O–H groups in total. The van der Waals surface area contributed by atoms with Gasteiger partial charge in [-0.2, -0.15) is 0 Å². The van der Waals surface area contributed by atoms with Gasteiger partial charge in [-0.1, -0.05) is 30.0 Å². The number of nitrogens with zero attached hydrogens (tertiary/aromatic N) is 3. The maximum atomic E-state index is 15.3. The summed E-state index contributed by atoms with van der Waals surface area (Å²) in [5.41, 5.74) is 5.54. The first-order valence-corrected chi connectivity index (χ1v) is 8.75. The van der Waals surface area contributed by atoms with Crippen LogP contribution in [0, 0.1) is 11.8 Å². The predicted octanol–water partition coefficient (Wildman–Crippen LogP) is 1.39. The fourth-order valence-corrected chi connectivity index (χ4v) is 3.41. The predicted molar refractivity (Wildman–Crippen MR) is 101 cm³/mol. The number of nitrogen functional groups attached to an aromatic ring is 1. The van der Waals surface area contributed by atoms with Crippen molar-refractivity contribution in [2.75, 3.05) is 12.3 Å². The lowest BCUT2D eigenvalue weighted by molar-refractivity contribution is -0.0564. The Balaban J connectivity index is 1.85. The number of aromatic nitrogens is 3. The number of anilines is 1. The first-order chi connectivity index (χ1) is 13.4. The second kappa shape index (κ2) is 6.87. The zero-order valence-electron chi connectivity index (χ0n) is 15.1. The van der Waals surface area contributed by atoms with Gasteiger partial charge < -0.3 is 25.3 Å². The van der Waals surface area contributed by atoms with E-state index in [9.17, 15) is 10.2 Å². The zero-order valence-corrected chi connectivity index (χ0v) is 15.1. The number of alkyl halides is 1. The van der Waals surface area contributed by atoms with Gasteiger partial charge in [0.05, 0.1) is 17.6 Å². The van der Waals surface area contributed by atoms with Crippen LogP contribution in [-0.2, 0) is 4.74 Å². The van der Waals surface area contributed by atoms with E-state index in [4.69, 9.17) is 10.5 Å². The van der Waals surface area contributed by atoms with E-state index in [0.29, 0.717) is 16.6 Å². The Hall–Kier alpha value is -2.99. The normalized spacial score (nSPS) is 26.9. The van der Waals surface area contributed by atoms with Crippen LogP contribution in [0.5, 0.6) is 0 Å². The van der Waals surface area contributed by atoms with Gasteiger partial charge in [-0.15, -0.1) is 0 Å². The van der Waals surface area contributed by atoms with Gasteiger partial charge >= 0.3 is 0 Å². The molecule has 1 aromatic carbocycles. The lowest BCUT2D eigenvalue weighted by atomic mass is 9.98. The van der Waals surface area contributed by atoms with Crippen molar-refractivity contribution >= 4 is 16.9 Å². The fraction of sp³-hybridized carbons (Fsp3) is 0.300. The molecule has 0 radical (unpaired) electrons. The van der Waals surface area contributed by atoms with Gasteiger partial charge in [0.25, 0.3) is 0 Å². The fourth-order valence-electron chi connectivity index (χ4n) is 3.41. The summed E-state index contributed by atoms with van der Waals surface area (Å²) in [5.74, 6) is 6.27. The van der Waals surface area contributed by atoms with E-state index in [1.54, 1.807) is 6.20 Å². The maximum Gasteiger partial charge on any atom is 0.181 e. The van der Waals surface area contributed by atoms with Crippen LogP contribution in [0.1, 0.15) is 24.3 Å². The molecule has 0 amide bonds. The third kappa shape index (κ3) is 2.90. The van der Waals surface area contributed by atoms with Crippen molar-refractivity contribution in [3.8, 4) is 11.8 Å². The molecule has 0 spiro atoms. The topological polar surface area (TPSA) is 106 Å². The second-order valence-electron chi connectivity index (χ2n) is 6.83. The molecule has 3 heterocycles. The third-order valence-electron chi connectivity index (χ3n) is 4.90. The molecule has 1 saturated heterocycles. The number of nitrogens with two attached hydrogens (primary N) is 1. The van der Waals surface area contributed by atoms with Gasteiger partial charge in [0.15, 0.2) is 11.9 Å². The van der Waals surface area contributed by atoms with Crippen molar-refractivity contribution in [3.05, 3.63) is 54.0 Å². The number of halogens is 1. The quantitative estimate of drug-likeness (QED) is 0.579. The largest absolute Gasteiger partial charge is 0.394 e.